The normalized spacial score (nSPS) is 15.1. The van der Waals surface area contributed by atoms with Crippen molar-refractivity contribution < 1.29 is 14.6 Å². The third kappa shape index (κ3) is 4.15. The number of carboxylic acid groups (broad SMARTS) is 1. The smallest absolute Gasteiger partial charge is 0.340 e. The van der Waals surface area contributed by atoms with E-state index in [4.69, 9.17) is 4.74 Å². The number of hydrogen-bond acceptors (Lipinski definition) is 3. The molecule has 0 aliphatic carbocycles. The summed E-state index contributed by atoms with van der Waals surface area (Å²) in [6.45, 7) is 3.62. The van der Waals surface area contributed by atoms with Gasteiger partial charge in [-0.25, -0.2) is 4.79 Å². The number of hydrogen-bond donors (Lipinski definition) is 1. The maximum atomic E-state index is 11.6. The third-order valence-electron chi connectivity index (χ3n) is 4.22. The zero-order valence-corrected chi connectivity index (χ0v) is 13.8. The van der Waals surface area contributed by atoms with E-state index in [0.29, 0.717) is 12.4 Å². The predicted molar refractivity (Wildman–Crippen MR) is 93.9 cm³/mol. The molecule has 3 rings (SSSR count). The van der Waals surface area contributed by atoms with Crippen molar-refractivity contribution in [2.45, 2.75) is 19.3 Å². The number of halogens is 1. The molecule has 1 fully saturated rings. The number of ether oxygens (including phenoxy) is 1. The van der Waals surface area contributed by atoms with Gasteiger partial charge >= 0.3 is 5.97 Å². The molecule has 0 unspecified atom stereocenters. The number of rotatable bonds is 5. The largest absolute Gasteiger partial charge is 0.491 e. The summed E-state index contributed by atoms with van der Waals surface area (Å²) in [7, 11) is 0. The number of piperidine rings is 1. The molecule has 1 saturated heterocycles. The van der Waals surface area contributed by atoms with Crippen LogP contribution in [0.25, 0.3) is 10.8 Å². The zero-order valence-electron chi connectivity index (χ0n) is 13.0. The van der Waals surface area contributed by atoms with E-state index in [-0.39, 0.29) is 18.0 Å². The Hall–Kier alpha value is -1.78. The molecule has 0 saturated carbocycles. The van der Waals surface area contributed by atoms with Crippen LogP contribution in [0.2, 0.25) is 0 Å². The van der Waals surface area contributed by atoms with Crippen LogP contribution in [0, 0.1) is 0 Å². The molecule has 1 aliphatic rings. The molecule has 4 nitrogen and oxygen atoms in total. The Morgan fingerprint density at radius 3 is 2.57 bits per heavy atom. The Morgan fingerprint density at radius 1 is 1.09 bits per heavy atom. The van der Waals surface area contributed by atoms with Crippen molar-refractivity contribution in [1.29, 1.82) is 0 Å². The SMILES string of the molecule is Cl.O=C(O)c1c(OCCN2CCCCC2)ccc2ccccc12. The fourth-order valence-electron chi connectivity index (χ4n) is 3.06. The summed E-state index contributed by atoms with van der Waals surface area (Å²) in [4.78, 5) is 14.0. The Bertz CT molecular complexity index is 668. The van der Waals surface area contributed by atoms with Crippen LogP contribution >= 0.6 is 12.4 Å². The van der Waals surface area contributed by atoms with Gasteiger partial charge in [-0.15, -0.1) is 12.4 Å². The van der Waals surface area contributed by atoms with Crippen molar-refractivity contribution in [2.75, 3.05) is 26.2 Å². The lowest BCUT2D eigenvalue weighted by molar-refractivity contribution is 0.0693. The Balaban J connectivity index is 0.00000192. The number of benzene rings is 2. The summed E-state index contributed by atoms with van der Waals surface area (Å²) in [5.41, 5.74) is 0.261. The summed E-state index contributed by atoms with van der Waals surface area (Å²) < 4.78 is 5.79. The molecule has 1 heterocycles. The van der Waals surface area contributed by atoms with Gasteiger partial charge in [-0.1, -0.05) is 36.8 Å². The summed E-state index contributed by atoms with van der Waals surface area (Å²) in [5, 5.41) is 11.2. The Kier molecular flexibility index (Phi) is 6.25. The number of nitrogens with zero attached hydrogens (tertiary/aromatic N) is 1. The number of carboxylic acids is 1. The summed E-state index contributed by atoms with van der Waals surface area (Å²) in [6, 6.07) is 11.2. The van der Waals surface area contributed by atoms with Crippen molar-refractivity contribution >= 4 is 29.1 Å². The Labute approximate surface area is 142 Å². The second-order valence-electron chi connectivity index (χ2n) is 5.72. The zero-order chi connectivity index (χ0) is 15.4. The van der Waals surface area contributed by atoms with Crippen molar-refractivity contribution in [3.63, 3.8) is 0 Å². The highest BCUT2D eigenvalue weighted by molar-refractivity contribution is 6.06. The highest BCUT2D eigenvalue weighted by Gasteiger charge is 2.16. The molecule has 0 radical (unpaired) electrons. The van der Waals surface area contributed by atoms with E-state index in [1.165, 1.54) is 19.3 Å². The van der Waals surface area contributed by atoms with Crippen LogP contribution in [0.15, 0.2) is 36.4 Å². The molecule has 5 heteroatoms. The molecule has 2 aromatic rings. The van der Waals surface area contributed by atoms with Crippen LogP contribution in [-0.4, -0.2) is 42.2 Å². The van der Waals surface area contributed by atoms with Gasteiger partial charge in [0.1, 0.15) is 17.9 Å². The predicted octanol–water partition coefficient (Wildman–Crippen LogP) is 3.82. The van der Waals surface area contributed by atoms with Gasteiger partial charge in [0.05, 0.1) is 0 Å². The van der Waals surface area contributed by atoms with Gasteiger partial charge in [0.25, 0.3) is 0 Å². The highest BCUT2D eigenvalue weighted by atomic mass is 35.5. The molecule has 1 aliphatic heterocycles. The van der Waals surface area contributed by atoms with Gasteiger partial charge in [0.2, 0.25) is 0 Å². The van der Waals surface area contributed by atoms with E-state index < -0.39 is 5.97 Å². The molecule has 0 spiro atoms. The molecule has 0 bridgehead atoms. The first-order chi connectivity index (χ1) is 10.8. The summed E-state index contributed by atoms with van der Waals surface area (Å²) in [6.07, 6.45) is 3.80. The van der Waals surface area contributed by atoms with Gasteiger partial charge in [-0.05, 0) is 42.8 Å². The van der Waals surface area contributed by atoms with Gasteiger partial charge in [-0.3, -0.25) is 4.90 Å². The van der Waals surface area contributed by atoms with Crippen molar-refractivity contribution in [3.8, 4) is 5.75 Å². The molecular weight excluding hydrogens is 314 g/mol. The summed E-state index contributed by atoms with van der Waals surface area (Å²) in [5.74, 6) is -0.479. The fourth-order valence-corrected chi connectivity index (χ4v) is 3.06. The minimum absolute atomic E-state index is 0. The number of carbonyl (C=O) groups is 1. The maximum absolute atomic E-state index is 11.6. The second-order valence-corrected chi connectivity index (χ2v) is 5.72. The quantitative estimate of drug-likeness (QED) is 0.902. The van der Waals surface area contributed by atoms with Crippen molar-refractivity contribution in [3.05, 3.63) is 42.0 Å². The van der Waals surface area contributed by atoms with E-state index in [2.05, 4.69) is 4.90 Å². The minimum Gasteiger partial charge on any atom is -0.491 e. The van der Waals surface area contributed by atoms with E-state index in [9.17, 15) is 9.90 Å². The van der Waals surface area contributed by atoms with Gasteiger partial charge in [-0.2, -0.15) is 0 Å². The average Bonchev–Trinajstić information content (AvgIpc) is 2.55. The molecule has 0 atom stereocenters. The molecular formula is C18H22ClNO3. The second kappa shape index (κ2) is 8.18. The van der Waals surface area contributed by atoms with E-state index in [0.717, 1.165) is 30.4 Å². The molecule has 0 amide bonds. The van der Waals surface area contributed by atoms with Crippen LogP contribution in [0.5, 0.6) is 5.75 Å². The van der Waals surface area contributed by atoms with Crippen LogP contribution in [0.3, 0.4) is 0 Å². The first kappa shape index (κ1) is 17.6. The van der Waals surface area contributed by atoms with Crippen molar-refractivity contribution in [1.82, 2.24) is 4.90 Å². The van der Waals surface area contributed by atoms with Crippen molar-refractivity contribution in [2.24, 2.45) is 0 Å². The number of aromatic carboxylic acids is 1. The molecule has 23 heavy (non-hydrogen) atoms. The first-order valence-corrected chi connectivity index (χ1v) is 7.86. The number of fused-ring (bicyclic) bond motifs is 1. The van der Waals surface area contributed by atoms with Crippen LogP contribution in [0.1, 0.15) is 29.6 Å². The molecule has 124 valence electrons. The Morgan fingerprint density at radius 2 is 1.83 bits per heavy atom. The van der Waals surface area contributed by atoms with E-state index >= 15 is 0 Å². The van der Waals surface area contributed by atoms with Crippen LogP contribution in [-0.2, 0) is 0 Å². The lowest BCUT2D eigenvalue weighted by Crippen LogP contribution is -2.33. The standard InChI is InChI=1S/C18H21NO3.ClH/c20-18(21)17-15-7-3-2-6-14(15)8-9-16(17)22-13-12-19-10-4-1-5-11-19;/h2-3,6-9H,1,4-5,10-13H2,(H,20,21);1H. The molecule has 1 N–H and O–H groups in total. The molecule has 0 aromatic heterocycles. The maximum Gasteiger partial charge on any atom is 0.340 e. The highest BCUT2D eigenvalue weighted by Crippen LogP contribution is 2.28. The topological polar surface area (TPSA) is 49.8 Å². The minimum atomic E-state index is -0.940. The van der Waals surface area contributed by atoms with Gasteiger partial charge in [0.15, 0.2) is 0 Å². The lowest BCUT2D eigenvalue weighted by Gasteiger charge is -2.26. The number of likely N-dealkylation sites (tertiary alicyclic amines) is 1. The third-order valence-corrected chi connectivity index (χ3v) is 4.22. The first-order valence-electron chi connectivity index (χ1n) is 7.86. The lowest BCUT2D eigenvalue weighted by atomic mass is 10.0. The van der Waals surface area contributed by atoms with Gasteiger partial charge < -0.3 is 9.84 Å². The molecule has 2 aromatic carbocycles. The fraction of sp³-hybridized carbons (Fsp3) is 0.389. The monoisotopic (exact) mass is 335 g/mol. The van der Waals surface area contributed by atoms with E-state index in [1.54, 1.807) is 6.07 Å². The average molecular weight is 336 g/mol. The summed E-state index contributed by atoms with van der Waals surface area (Å²) >= 11 is 0. The van der Waals surface area contributed by atoms with E-state index in [1.807, 2.05) is 30.3 Å². The van der Waals surface area contributed by atoms with Gasteiger partial charge in [0, 0.05) is 6.54 Å². The van der Waals surface area contributed by atoms with Crippen LogP contribution < -0.4 is 4.74 Å². The van der Waals surface area contributed by atoms with Crippen LogP contribution in [0.4, 0.5) is 0 Å².